The van der Waals surface area contributed by atoms with Crippen LogP contribution in [0, 0.1) is 0 Å². The van der Waals surface area contributed by atoms with E-state index >= 15 is 0 Å². The van der Waals surface area contributed by atoms with E-state index in [1.165, 1.54) is 28.4 Å². The van der Waals surface area contributed by atoms with Crippen molar-refractivity contribution in [2.24, 2.45) is 0 Å². The van der Waals surface area contributed by atoms with E-state index in [1.54, 1.807) is 0 Å². The van der Waals surface area contributed by atoms with Gasteiger partial charge in [-0.3, -0.25) is 0 Å². The fraction of sp³-hybridized carbons (Fsp3) is 0.857. The van der Waals surface area contributed by atoms with Crippen LogP contribution in [0.15, 0.2) is 0 Å². The summed E-state index contributed by atoms with van der Waals surface area (Å²) < 4.78 is 5.20. The van der Waals surface area contributed by atoms with E-state index in [2.05, 4.69) is 0 Å². The van der Waals surface area contributed by atoms with Crippen LogP contribution in [0.25, 0.3) is 0 Å². The Morgan fingerprint density at radius 2 is 1.57 bits per heavy atom. The maximum absolute atomic E-state index is 5.20. The minimum atomic E-state index is 0.141. The van der Waals surface area contributed by atoms with Gasteiger partial charge in [0.05, 0.1) is 26.1 Å². The number of nitrogens with zero attached hydrogens (tertiary/aromatic N) is 2. The van der Waals surface area contributed by atoms with Gasteiger partial charge in [-0.25, -0.2) is 0 Å². The number of hydroxylamine groups is 2. The van der Waals surface area contributed by atoms with Crippen LogP contribution in [0.3, 0.4) is 0 Å². The molecule has 0 rings (SSSR count). The molecule has 0 heterocycles. The summed E-state index contributed by atoms with van der Waals surface area (Å²) >= 11 is 0. The van der Waals surface area contributed by atoms with Gasteiger partial charge in [-0.1, -0.05) is 0 Å². The van der Waals surface area contributed by atoms with Crippen molar-refractivity contribution in [1.29, 1.82) is 0 Å². The van der Waals surface area contributed by atoms with Gasteiger partial charge in [0.2, 0.25) is 0 Å². The molecule has 0 aliphatic carbocycles. The minimum absolute atomic E-state index is 0.141. The predicted octanol–water partition coefficient (Wildman–Crippen LogP) is -0.0610. The maximum Gasteiger partial charge on any atom is 0.593 e. The number of hydrogen-bond donors (Lipinski definition) is 0. The molecule has 14 heavy (non-hydrogen) atoms. The van der Waals surface area contributed by atoms with Crippen molar-refractivity contribution >= 4 is 6.02 Å². The summed E-state index contributed by atoms with van der Waals surface area (Å²) in [7, 11) is 5.69. The van der Waals surface area contributed by atoms with Gasteiger partial charge in [0.15, 0.2) is 4.90 Å². The molecule has 0 radical (unpaired) electrons. The first kappa shape index (κ1) is 12.8. The second-order valence-electron chi connectivity index (χ2n) is 1.96. The SMILES string of the molecule is CCOC(N(OC)OC)=[N+](OC)OC. The lowest BCUT2D eigenvalue weighted by Gasteiger charge is -2.11. The standard InChI is InChI=1S/C7H17N2O5/c1-6-14-7(8(10-2)11-3)9(12-4)13-5/h6H2,1-5H3/q+1. The van der Waals surface area contributed by atoms with Gasteiger partial charge in [-0.15, -0.1) is 0 Å². The first-order valence-electron chi connectivity index (χ1n) is 4.01. The highest BCUT2D eigenvalue weighted by molar-refractivity contribution is 5.65. The monoisotopic (exact) mass is 209 g/mol. The van der Waals surface area contributed by atoms with Gasteiger partial charge in [0, 0.05) is 0 Å². The molecule has 0 aromatic heterocycles. The lowest BCUT2D eigenvalue weighted by Crippen LogP contribution is -2.38. The number of ether oxygens (including phenoxy) is 1. The molecule has 0 unspecified atom stereocenters. The number of rotatable bonds is 5. The number of hydrogen-bond acceptors (Lipinski definition) is 5. The average Bonchev–Trinajstić information content (AvgIpc) is 2.21. The quantitative estimate of drug-likeness (QED) is 0.359. The van der Waals surface area contributed by atoms with Gasteiger partial charge in [0.25, 0.3) is 0 Å². The summed E-state index contributed by atoms with van der Waals surface area (Å²) in [4.78, 5) is 20.4. The summed E-state index contributed by atoms with van der Waals surface area (Å²) in [5, 5.41) is 1.01. The molecule has 0 aromatic carbocycles. The molecule has 0 N–H and O–H groups in total. The van der Waals surface area contributed by atoms with Crippen molar-refractivity contribution in [1.82, 2.24) is 5.23 Å². The van der Waals surface area contributed by atoms with Gasteiger partial charge >= 0.3 is 6.02 Å². The molecule has 0 aliphatic rings. The van der Waals surface area contributed by atoms with Crippen molar-refractivity contribution in [3.8, 4) is 0 Å². The molecule has 0 aliphatic heterocycles. The molecule has 0 saturated heterocycles. The average molecular weight is 209 g/mol. The van der Waals surface area contributed by atoms with E-state index in [9.17, 15) is 0 Å². The topological polar surface area (TPSA) is 52.4 Å². The zero-order chi connectivity index (χ0) is 11.0. The molecule has 0 aromatic rings. The van der Waals surface area contributed by atoms with E-state index < -0.39 is 0 Å². The first-order chi connectivity index (χ1) is 6.74. The summed E-state index contributed by atoms with van der Waals surface area (Å²) in [6.45, 7) is 2.23. The largest absolute Gasteiger partial charge is 0.593 e. The van der Waals surface area contributed by atoms with E-state index in [4.69, 9.17) is 24.1 Å². The Labute approximate surface area is 83.2 Å². The Morgan fingerprint density at radius 3 is 1.86 bits per heavy atom. The predicted molar refractivity (Wildman–Crippen MR) is 46.8 cm³/mol. The summed E-state index contributed by atoms with van der Waals surface area (Å²) in [5.74, 6) is 0. The molecule has 7 nitrogen and oxygen atoms in total. The molecular formula is C7H17N2O5+. The van der Waals surface area contributed by atoms with Crippen LogP contribution in [0.4, 0.5) is 0 Å². The van der Waals surface area contributed by atoms with Crippen molar-refractivity contribution in [3.63, 3.8) is 0 Å². The second kappa shape index (κ2) is 7.22. The van der Waals surface area contributed by atoms with Crippen LogP contribution in [0.2, 0.25) is 0 Å². The van der Waals surface area contributed by atoms with Gasteiger partial charge in [-0.05, 0) is 6.92 Å². The molecule has 0 fully saturated rings. The van der Waals surface area contributed by atoms with E-state index in [-0.39, 0.29) is 6.02 Å². The fourth-order valence-corrected chi connectivity index (χ4v) is 0.763. The Balaban J connectivity index is 4.77. The summed E-state index contributed by atoms with van der Waals surface area (Å²) in [5.41, 5.74) is 0. The Hall–Kier alpha value is -1.21. The lowest BCUT2D eigenvalue weighted by atomic mass is 10.9. The normalized spacial score (nSPS) is 9.21. The zero-order valence-corrected chi connectivity index (χ0v) is 9.14. The third kappa shape index (κ3) is 3.27. The van der Waals surface area contributed by atoms with Crippen LogP contribution >= 0.6 is 0 Å². The maximum atomic E-state index is 5.20. The fourth-order valence-electron chi connectivity index (χ4n) is 0.763. The minimum Gasteiger partial charge on any atom is -0.422 e. The third-order valence-corrected chi connectivity index (χ3v) is 1.25. The molecular weight excluding hydrogens is 192 g/mol. The highest BCUT2D eigenvalue weighted by Crippen LogP contribution is 1.96. The Morgan fingerprint density at radius 1 is 1.07 bits per heavy atom. The van der Waals surface area contributed by atoms with E-state index in [0.29, 0.717) is 6.61 Å². The van der Waals surface area contributed by atoms with Crippen molar-refractivity contribution in [2.75, 3.05) is 35.0 Å². The highest BCUT2D eigenvalue weighted by atomic mass is 17.0. The summed E-state index contributed by atoms with van der Waals surface area (Å²) in [6.07, 6.45) is 0. The zero-order valence-electron chi connectivity index (χ0n) is 9.14. The Kier molecular flexibility index (Phi) is 6.59. The molecule has 0 spiro atoms. The molecule has 0 amide bonds. The summed E-state index contributed by atoms with van der Waals surface area (Å²) in [6, 6.07) is 0.141. The van der Waals surface area contributed by atoms with Crippen LogP contribution in [0.5, 0.6) is 0 Å². The molecule has 0 bridgehead atoms. The molecule has 84 valence electrons. The van der Waals surface area contributed by atoms with Crippen molar-refractivity contribution < 1.29 is 29.0 Å². The first-order valence-corrected chi connectivity index (χ1v) is 4.01. The van der Waals surface area contributed by atoms with Crippen molar-refractivity contribution in [3.05, 3.63) is 0 Å². The molecule has 0 saturated carbocycles. The lowest BCUT2D eigenvalue weighted by molar-refractivity contribution is -0.965. The van der Waals surface area contributed by atoms with Crippen LogP contribution in [-0.2, 0) is 24.1 Å². The third-order valence-electron chi connectivity index (χ3n) is 1.25. The van der Waals surface area contributed by atoms with Crippen LogP contribution < -0.4 is 0 Å². The van der Waals surface area contributed by atoms with Gasteiger partial charge in [0.1, 0.15) is 14.2 Å². The molecule has 7 heteroatoms. The molecule has 0 atom stereocenters. The highest BCUT2D eigenvalue weighted by Gasteiger charge is 2.30. The Bertz CT molecular complexity index is 175. The van der Waals surface area contributed by atoms with Crippen LogP contribution in [0.1, 0.15) is 6.92 Å². The van der Waals surface area contributed by atoms with Gasteiger partial charge < -0.3 is 14.4 Å². The van der Waals surface area contributed by atoms with Gasteiger partial charge in [-0.2, -0.15) is 9.68 Å². The second-order valence-corrected chi connectivity index (χ2v) is 1.96. The number of amidine groups is 1. The van der Waals surface area contributed by atoms with Crippen LogP contribution in [-0.4, -0.2) is 51.2 Å². The van der Waals surface area contributed by atoms with Crippen molar-refractivity contribution in [2.45, 2.75) is 6.92 Å². The van der Waals surface area contributed by atoms with E-state index in [1.807, 2.05) is 6.92 Å². The van der Waals surface area contributed by atoms with E-state index in [0.717, 1.165) is 10.1 Å². The smallest absolute Gasteiger partial charge is 0.422 e.